The number of carbonyl (C=O) groups is 2. The molecule has 1 aromatic carbocycles. The van der Waals surface area contributed by atoms with Crippen LogP contribution in [0.4, 0.5) is 4.79 Å². The number of hydrogen-bond donors (Lipinski definition) is 3. The highest BCUT2D eigenvalue weighted by Crippen LogP contribution is 2.32. The lowest BCUT2D eigenvalue weighted by Crippen LogP contribution is -2.48. The van der Waals surface area contributed by atoms with Crippen molar-refractivity contribution >= 4 is 12.0 Å². The topological polar surface area (TPSA) is 96.9 Å². The minimum atomic E-state index is -1.05. The number of benzene rings is 1. The predicted molar refractivity (Wildman–Crippen MR) is 74.2 cm³/mol. The van der Waals surface area contributed by atoms with Crippen LogP contribution in [0.25, 0.3) is 0 Å². The van der Waals surface area contributed by atoms with Gasteiger partial charge in [0.05, 0.1) is 0 Å². The minimum Gasteiger partial charge on any atom is -0.480 e. The first-order chi connectivity index (χ1) is 9.97. The van der Waals surface area contributed by atoms with Crippen LogP contribution >= 0.6 is 0 Å². The Labute approximate surface area is 122 Å². The summed E-state index contributed by atoms with van der Waals surface area (Å²) in [6.07, 6.45) is 0. The number of nitrogens with one attached hydrogen (secondary N) is 2. The monoisotopic (exact) mass is 294 g/mol. The molecule has 0 spiro atoms. The van der Waals surface area contributed by atoms with Crippen LogP contribution in [-0.2, 0) is 11.3 Å². The maximum Gasteiger partial charge on any atom is 0.326 e. The number of aliphatic carboxylic acids is 1. The first-order valence-corrected chi connectivity index (χ1v) is 6.63. The Kier molecular flexibility index (Phi) is 4.52. The molecule has 3 N–H and O–H groups in total. The number of urea groups is 1. The van der Waals surface area contributed by atoms with Gasteiger partial charge in [0.15, 0.2) is 11.5 Å². The Morgan fingerprint density at radius 2 is 2.00 bits per heavy atom. The molecule has 1 heterocycles. The van der Waals surface area contributed by atoms with Crippen LogP contribution in [0.15, 0.2) is 18.2 Å². The van der Waals surface area contributed by atoms with E-state index in [1.807, 2.05) is 6.07 Å². The SMILES string of the molecule is CC(C)C(NC(=O)NCc1ccc2c(c1)OCO2)C(=O)O. The van der Waals surface area contributed by atoms with Gasteiger partial charge in [-0.25, -0.2) is 9.59 Å². The van der Waals surface area contributed by atoms with E-state index in [-0.39, 0.29) is 19.3 Å². The molecule has 2 rings (SSSR count). The maximum absolute atomic E-state index is 11.7. The molecule has 0 bridgehead atoms. The summed E-state index contributed by atoms with van der Waals surface area (Å²) >= 11 is 0. The first-order valence-electron chi connectivity index (χ1n) is 6.63. The number of ether oxygens (including phenoxy) is 2. The number of carbonyl (C=O) groups excluding carboxylic acids is 1. The van der Waals surface area contributed by atoms with Crippen molar-refractivity contribution in [3.63, 3.8) is 0 Å². The zero-order valence-electron chi connectivity index (χ0n) is 11.9. The molecule has 1 unspecified atom stereocenters. The van der Waals surface area contributed by atoms with Gasteiger partial charge in [0, 0.05) is 6.54 Å². The molecule has 1 aromatic rings. The summed E-state index contributed by atoms with van der Waals surface area (Å²) in [6.45, 7) is 3.93. The Balaban J connectivity index is 1.88. The molecule has 21 heavy (non-hydrogen) atoms. The van der Waals surface area contributed by atoms with E-state index in [2.05, 4.69) is 10.6 Å². The molecule has 0 saturated carbocycles. The summed E-state index contributed by atoms with van der Waals surface area (Å²) in [5, 5.41) is 14.1. The van der Waals surface area contributed by atoms with Crippen molar-refractivity contribution in [3.05, 3.63) is 23.8 Å². The molecule has 1 aliphatic rings. The van der Waals surface area contributed by atoms with Gasteiger partial charge in [0.25, 0.3) is 0 Å². The summed E-state index contributed by atoms with van der Waals surface area (Å²) in [5.41, 5.74) is 0.839. The zero-order chi connectivity index (χ0) is 15.4. The van der Waals surface area contributed by atoms with Crippen molar-refractivity contribution in [2.24, 2.45) is 5.92 Å². The van der Waals surface area contributed by atoms with Crippen LogP contribution in [0.2, 0.25) is 0 Å². The summed E-state index contributed by atoms with van der Waals surface area (Å²) in [4.78, 5) is 22.7. The molecule has 0 fully saturated rings. The van der Waals surface area contributed by atoms with Gasteiger partial charge in [-0.3, -0.25) is 0 Å². The summed E-state index contributed by atoms with van der Waals surface area (Å²) in [5.74, 6) is 0.0660. The Morgan fingerprint density at radius 3 is 2.67 bits per heavy atom. The largest absolute Gasteiger partial charge is 0.480 e. The normalized spacial score (nSPS) is 13.9. The van der Waals surface area contributed by atoms with E-state index in [4.69, 9.17) is 14.6 Å². The standard InChI is InChI=1S/C14H18N2O5/c1-8(2)12(13(17)18)16-14(19)15-6-9-3-4-10-11(5-9)21-7-20-10/h3-5,8,12H,6-7H2,1-2H3,(H,17,18)(H2,15,16,19). The smallest absolute Gasteiger partial charge is 0.326 e. The second-order valence-corrected chi connectivity index (χ2v) is 5.07. The Bertz CT molecular complexity index is 544. The number of carboxylic acid groups (broad SMARTS) is 1. The van der Waals surface area contributed by atoms with Crippen molar-refractivity contribution in [2.45, 2.75) is 26.4 Å². The second-order valence-electron chi connectivity index (χ2n) is 5.07. The maximum atomic E-state index is 11.7. The highest BCUT2D eigenvalue weighted by Gasteiger charge is 2.23. The van der Waals surface area contributed by atoms with Crippen LogP contribution in [0, 0.1) is 5.92 Å². The van der Waals surface area contributed by atoms with E-state index in [9.17, 15) is 9.59 Å². The fraction of sp³-hybridized carbons (Fsp3) is 0.429. The molecule has 114 valence electrons. The lowest BCUT2D eigenvalue weighted by atomic mass is 10.1. The molecule has 0 aromatic heterocycles. The minimum absolute atomic E-state index is 0.196. The first kappa shape index (κ1) is 15.0. The number of fused-ring (bicyclic) bond motifs is 1. The van der Waals surface area contributed by atoms with Gasteiger partial charge in [-0.15, -0.1) is 0 Å². The highest BCUT2D eigenvalue weighted by molar-refractivity contribution is 5.82. The molecule has 2 amide bonds. The third-order valence-corrected chi connectivity index (χ3v) is 3.11. The van der Waals surface area contributed by atoms with E-state index >= 15 is 0 Å². The van der Waals surface area contributed by atoms with Crippen LogP contribution in [0.5, 0.6) is 11.5 Å². The highest BCUT2D eigenvalue weighted by atomic mass is 16.7. The fourth-order valence-corrected chi connectivity index (χ4v) is 1.94. The summed E-state index contributed by atoms with van der Waals surface area (Å²) in [6, 6.07) is 3.92. The lowest BCUT2D eigenvalue weighted by molar-refractivity contribution is -0.140. The van der Waals surface area contributed by atoms with Crippen molar-refractivity contribution in [2.75, 3.05) is 6.79 Å². The van der Waals surface area contributed by atoms with Gasteiger partial charge in [-0.1, -0.05) is 19.9 Å². The number of amides is 2. The van der Waals surface area contributed by atoms with Crippen molar-refractivity contribution in [1.29, 1.82) is 0 Å². The molecule has 1 atom stereocenters. The summed E-state index contributed by atoms with van der Waals surface area (Å²) in [7, 11) is 0. The molecule has 0 radical (unpaired) electrons. The quantitative estimate of drug-likeness (QED) is 0.761. The van der Waals surface area contributed by atoms with Gasteiger partial charge in [-0.05, 0) is 23.6 Å². The average Bonchev–Trinajstić information content (AvgIpc) is 2.89. The molecular formula is C14H18N2O5. The van der Waals surface area contributed by atoms with Crippen molar-refractivity contribution in [1.82, 2.24) is 10.6 Å². The average molecular weight is 294 g/mol. The Morgan fingerprint density at radius 1 is 1.29 bits per heavy atom. The molecule has 0 aliphatic carbocycles. The molecule has 7 nitrogen and oxygen atoms in total. The van der Waals surface area contributed by atoms with Gasteiger partial charge >= 0.3 is 12.0 Å². The van der Waals surface area contributed by atoms with Crippen LogP contribution in [-0.4, -0.2) is 29.9 Å². The number of carboxylic acids is 1. The Hall–Kier alpha value is -2.44. The van der Waals surface area contributed by atoms with Gasteiger partial charge in [0.1, 0.15) is 6.04 Å². The van der Waals surface area contributed by atoms with E-state index in [0.717, 1.165) is 5.56 Å². The second kappa shape index (κ2) is 6.34. The number of rotatable bonds is 5. The number of hydrogen-bond acceptors (Lipinski definition) is 4. The van der Waals surface area contributed by atoms with Crippen LogP contribution in [0.1, 0.15) is 19.4 Å². The van der Waals surface area contributed by atoms with Gasteiger partial charge in [-0.2, -0.15) is 0 Å². The summed E-state index contributed by atoms with van der Waals surface area (Å²) < 4.78 is 10.4. The van der Waals surface area contributed by atoms with Crippen LogP contribution < -0.4 is 20.1 Å². The molecule has 7 heteroatoms. The molecule has 1 aliphatic heterocycles. The van der Waals surface area contributed by atoms with Crippen LogP contribution in [0.3, 0.4) is 0 Å². The van der Waals surface area contributed by atoms with Crippen molar-refractivity contribution < 1.29 is 24.2 Å². The van der Waals surface area contributed by atoms with Crippen molar-refractivity contribution in [3.8, 4) is 11.5 Å². The lowest BCUT2D eigenvalue weighted by Gasteiger charge is -2.18. The third kappa shape index (κ3) is 3.77. The van der Waals surface area contributed by atoms with E-state index in [0.29, 0.717) is 11.5 Å². The van der Waals surface area contributed by atoms with E-state index < -0.39 is 18.0 Å². The fourth-order valence-electron chi connectivity index (χ4n) is 1.94. The van der Waals surface area contributed by atoms with Gasteiger partial charge in [0.2, 0.25) is 6.79 Å². The van der Waals surface area contributed by atoms with E-state index in [1.165, 1.54) is 0 Å². The third-order valence-electron chi connectivity index (χ3n) is 3.11. The molecular weight excluding hydrogens is 276 g/mol. The van der Waals surface area contributed by atoms with E-state index in [1.54, 1.807) is 26.0 Å². The van der Waals surface area contributed by atoms with Gasteiger partial charge < -0.3 is 25.2 Å². The molecule has 0 saturated heterocycles. The zero-order valence-corrected chi connectivity index (χ0v) is 11.9. The predicted octanol–water partition coefficient (Wildman–Crippen LogP) is 1.32.